The van der Waals surface area contributed by atoms with Gasteiger partial charge in [-0.05, 0) is 6.07 Å². The molecule has 1 aromatic heterocycles. The van der Waals surface area contributed by atoms with Crippen LogP contribution in [0.2, 0.25) is 0 Å². The summed E-state index contributed by atoms with van der Waals surface area (Å²) < 4.78 is 58.5. The van der Waals surface area contributed by atoms with Crippen molar-refractivity contribution in [3.63, 3.8) is 0 Å². The van der Waals surface area contributed by atoms with Gasteiger partial charge >= 0.3 is 5.51 Å². The summed E-state index contributed by atoms with van der Waals surface area (Å²) in [7, 11) is -5.49. The van der Waals surface area contributed by atoms with Gasteiger partial charge in [-0.2, -0.15) is 18.4 Å². The molecular weight excluding hydrogens is 235 g/mol. The molecule has 0 amide bonds. The number of hydrogen-bond donors (Lipinski definition) is 1. The lowest BCUT2D eigenvalue weighted by molar-refractivity contribution is -0.0435. The smallest absolute Gasteiger partial charge is 0.383 e. The highest BCUT2D eigenvalue weighted by Gasteiger charge is 2.48. The van der Waals surface area contributed by atoms with Crippen LogP contribution in [0, 0.1) is 11.5 Å². The van der Waals surface area contributed by atoms with Gasteiger partial charge in [0.1, 0.15) is 10.7 Å². The first kappa shape index (κ1) is 11.4. The number of hydrogen-bond acceptors (Lipinski definition) is 4. The second-order valence-corrected chi connectivity index (χ2v) is 4.39. The molecule has 9 heteroatoms. The van der Waals surface area contributed by atoms with Crippen LogP contribution in [0.4, 0.5) is 19.0 Å². The summed E-state index contributed by atoms with van der Waals surface area (Å²) in [6.07, 6.45) is 2.24. The molecule has 0 aromatic carbocycles. The van der Waals surface area contributed by atoms with E-state index in [2.05, 4.69) is 0 Å². The largest absolute Gasteiger partial charge is 0.502 e. The van der Waals surface area contributed by atoms with Crippen LogP contribution in [-0.2, 0) is 9.84 Å². The molecule has 0 fully saturated rings. The van der Waals surface area contributed by atoms with Gasteiger partial charge in [-0.15, -0.1) is 0 Å². The van der Waals surface area contributed by atoms with E-state index in [1.165, 1.54) is 6.19 Å². The number of aromatic nitrogens is 1. The highest BCUT2D eigenvalue weighted by atomic mass is 32.2. The molecular formula is C6H4F3N3O2S. The van der Waals surface area contributed by atoms with Crippen molar-refractivity contribution in [1.82, 2.24) is 4.57 Å². The Morgan fingerprint density at radius 3 is 2.33 bits per heavy atom. The molecule has 0 bridgehead atoms. The lowest BCUT2D eigenvalue weighted by atomic mass is 10.6. The van der Waals surface area contributed by atoms with E-state index in [0.29, 0.717) is 10.6 Å². The third-order valence-corrected chi connectivity index (χ3v) is 3.12. The Morgan fingerprint density at radius 2 is 2.00 bits per heavy atom. The Morgan fingerprint density at radius 1 is 1.47 bits per heavy atom. The third kappa shape index (κ3) is 1.63. The van der Waals surface area contributed by atoms with Crippen molar-refractivity contribution in [1.29, 1.82) is 5.26 Å². The number of nitrogens with two attached hydrogens (primary N) is 1. The number of nitrogen functional groups attached to an aromatic ring is 1. The van der Waals surface area contributed by atoms with Gasteiger partial charge in [-0.1, -0.05) is 0 Å². The first-order valence-electron chi connectivity index (χ1n) is 3.40. The van der Waals surface area contributed by atoms with Crippen LogP contribution in [0.3, 0.4) is 0 Å². The number of nitrogens with zero attached hydrogens (tertiary/aromatic N) is 2. The zero-order valence-electron chi connectivity index (χ0n) is 6.99. The fraction of sp³-hybridized carbons (Fsp3) is 0.167. The maximum atomic E-state index is 12.1. The second-order valence-electron chi connectivity index (χ2n) is 2.48. The van der Waals surface area contributed by atoms with E-state index in [0.717, 1.165) is 6.20 Å². The average Bonchev–Trinajstić information content (AvgIpc) is 2.44. The molecule has 1 aromatic rings. The number of nitriles is 1. The fourth-order valence-corrected chi connectivity index (χ4v) is 1.73. The van der Waals surface area contributed by atoms with E-state index in [1.54, 1.807) is 0 Å². The Balaban J connectivity index is 3.44. The van der Waals surface area contributed by atoms with Gasteiger partial charge in [-0.3, -0.25) is 0 Å². The van der Waals surface area contributed by atoms with Gasteiger partial charge in [-0.25, -0.2) is 13.0 Å². The zero-order chi connectivity index (χ0) is 11.9. The molecule has 5 nitrogen and oxygen atoms in total. The summed E-state index contributed by atoms with van der Waals surface area (Å²) >= 11 is 0. The molecule has 0 saturated carbocycles. The van der Waals surface area contributed by atoms with Crippen molar-refractivity contribution in [2.24, 2.45) is 0 Å². The molecule has 82 valence electrons. The van der Waals surface area contributed by atoms with Crippen molar-refractivity contribution in [2.75, 3.05) is 5.73 Å². The maximum Gasteiger partial charge on any atom is 0.502 e. The Kier molecular flexibility index (Phi) is 2.40. The summed E-state index contributed by atoms with van der Waals surface area (Å²) in [4.78, 5) is -1.11. The molecule has 0 radical (unpaired) electrons. The first-order chi connectivity index (χ1) is 6.71. The molecule has 0 aliphatic rings. The molecule has 0 unspecified atom stereocenters. The van der Waals surface area contributed by atoms with E-state index in [9.17, 15) is 21.6 Å². The summed E-state index contributed by atoms with van der Waals surface area (Å²) in [5, 5.41) is 8.36. The highest BCUT2D eigenvalue weighted by molar-refractivity contribution is 7.92. The molecule has 0 aliphatic heterocycles. The van der Waals surface area contributed by atoms with Crippen molar-refractivity contribution >= 4 is 15.7 Å². The van der Waals surface area contributed by atoms with Crippen LogP contribution >= 0.6 is 0 Å². The van der Waals surface area contributed by atoms with E-state index in [-0.39, 0.29) is 0 Å². The van der Waals surface area contributed by atoms with Crippen molar-refractivity contribution in [2.45, 2.75) is 10.4 Å². The predicted molar refractivity (Wildman–Crippen MR) is 43.1 cm³/mol. The molecule has 0 saturated heterocycles. The van der Waals surface area contributed by atoms with Crippen LogP contribution in [0.5, 0.6) is 0 Å². The van der Waals surface area contributed by atoms with Crippen LogP contribution in [0.15, 0.2) is 17.2 Å². The van der Waals surface area contributed by atoms with Gasteiger partial charge in [0.25, 0.3) is 9.84 Å². The van der Waals surface area contributed by atoms with Gasteiger partial charge in [0.2, 0.25) is 0 Å². The molecule has 2 N–H and O–H groups in total. The number of rotatable bonds is 1. The van der Waals surface area contributed by atoms with Gasteiger partial charge in [0.05, 0.1) is 0 Å². The van der Waals surface area contributed by atoms with Gasteiger partial charge in [0, 0.05) is 6.20 Å². The van der Waals surface area contributed by atoms with Crippen molar-refractivity contribution in [3.8, 4) is 6.19 Å². The van der Waals surface area contributed by atoms with Gasteiger partial charge in [0.15, 0.2) is 6.19 Å². The standard InChI is InChI=1S/C6H4F3N3O2S/c7-6(8,9)15(13,14)4-1-2-12(3-10)5(4)11/h1-2H,11H2. The number of halogens is 3. The minimum absolute atomic E-state index is 0.526. The number of anilines is 1. The summed E-state index contributed by atoms with van der Waals surface area (Å²) in [5.41, 5.74) is -0.370. The molecule has 15 heavy (non-hydrogen) atoms. The Labute approximate surface area is 82.4 Å². The maximum absolute atomic E-state index is 12.1. The Bertz CT molecular complexity index is 523. The molecule has 0 spiro atoms. The second kappa shape index (κ2) is 3.16. The lowest BCUT2D eigenvalue weighted by Crippen LogP contribution is -2.23. The molecule has 1 heterocycles. The topological polar surface area (TPSA) is 88.9 Å². The van der Waals surface area contributed by atoms with Gasteiger partial charge < -0.3 is 5.73 Å². The normalized spacial score (nSPS) is 12.4. The predicted octanol–water partition coefficient (Wildman–Crippen LogP) is 0.693. The summed E-state index contributed by atoms with van der Waals surface area (Å²) in [6, 6.07) is 0.626. The molecule has 1 rings (SSSR count). The molecule has 0 aliphatic carbocycles. The fourth-order valence-electron chi connectivity index (χ4n) is 0.866. The minimum Gasteiger partial charge on any atom is -0.383 e. The monoisotopic (exact) mass is 239 g/mol. The zero-order valence-corrected chi connectivity index (χ0v) is 7.80. The van der Waals surface area contributed by atoms with E-state index < -0.39 is 26.1 Å². The van der Waals surface area contributed by atoms with E-state index in [1.807, 2.05) is 0 Å². The van der Waals surface area contributed by atoms with Crippen molar-refractivity contribution in [3.05, 3.63) is 12.3 Å². The van der Waals surface area contributed by atoms with Crippen LogP contribution in [0.25, 0.3) is 0 Å². The molecule has 0 atom stereocenters. The van der Waals surface area contributed by atoms with E-state index >= 15 is 0 Å². The summed E-state index contributed by atoms with van der Waals surface area (Å²) in [5.74, 6) is -0.755. The van der Waals surface area contributed by atoms with Crippen LogP contribution in [0.1, 0.15) is 0 Å². The number of sulfone groups is 1. The van der Waals surface area contributed by atoms with E-state index in [4.69, 9.17) is 11.0 Å². The average molecular weight is 239 g/mol. The van der Waals surface area contributed by atoms with Crippen LogP contribution < -0.4 is 5.73 Å². The highest BCUT2D eigenvalue weighted by Crippen LogP contribution is 2.33. The lowest BCUT2D eigenvalue weighted by Gasteiger charge is -2.06. The summed E-state index contributed by atoms with van der Waals surface area (Å²) in [6.45, 7) is 0. The number of alkyl halides is 3. The first-order valence-corrected chi connectivity index (χ1v) is 4.88. The SMILES string of the molecule is N#Cn1ccc(S(=O)(=O)C(F)(F)F)c1N. The third-order valence-electron chi connectivity index (χ3n) is 1.59. The van der Waals surface area contributed by atoms with Crippen molar-refractivity contribution < 1.29 is 21.6 Å². The quantitative estimate of drug-likeness (QED) is 0.780. The Hall–Kier alpha value is -1.69. The van der Waals surface area contributed by atoms with Crippen LogP contribution in [-0.4, -0.2) is 18.5 Å². The minimum atomic E-state index is -5.49.